The van der Waals surface area contributed by atoms with Gasteiger partial charge in [0, 0.05) is 12.5 Å². The first-order chi connectivity index (χ1) is 10.5. The van der Waals surface area contributed by atoms with Gasteiger partial charge < -0.3 is 9.47 Å². The molecule has 0 radical (unpaired) electrons. The summed E-state index contributed by atoms with van der Waals surface area (Å²) in [5.74, 6) is 0.179. The van der Waals surface area contributed by atoms with E-state index in [1.807, 2.05) is 36.4 Å². The molecule has 4 nitrogen and oxygen atoms in total. The summed E-state index contributed by atoms with van der Waals surface area (Å²) in [6.07, 6.45) is 5.18. The number of Topliss-reactive ketones (excluding diaryl/α,β-unsaturated/α-hetero) is 1. The Morgan fingerprint density at radius 2 is 1.95 bits per heavy atom. The molecule has 0 saturated carbocycles. The van der Waals surface area contributed by atoms with Gasteiger partial charge in [0.2, 0.25) is 0 Å². The number of carbonyl (C=O) groups excluding carboxylic acids is 2. The van der Waals surface area contributed by atoms with Gasteiger partial charge in [0.05, 0.1) is 0 Å². The molecule has 2 atom stereocenters. The van der Waals surface area contributed by atoms with Crippen LogP contribution in [0.15, 0.2) is 53.8 Å². The standard InChI is InChI=1S/C18H14O4/c1-10(19)14-9-12-7-8-16(21-11(2)20)17-18(12,22-17)15-6-4-3-5-13(14)15/h3-9,17H,1-2H3/t17-,18+/m0/s1. The topological polar surface area (TPSA) is 55.9 Å². The molecule has 0 N–H and O–H groups in total. The van der Waals surface area contributed by atoms with Gasteiger partial charge in [0.1, 0.15) is 5.76 Å². The first-order valence-electron chi connectivity index (χ1n) is 7.15. The summed E-state index contributed by atoms with van der Waals surface area (Å²) in [7, 11) is 0. The lowest BCUT2D eigenvalue weighted by atomic mass is 9.75. The highest BCUT2D eigenvalue weighted by Crippen LogP contribution is 2.60. The number of allylic oxidation sites excluding steroid dienone is 3. The lowest BCUT2D eigenvalue weighted by Crippen LogP contribution is -2.25. The Bertz CT molecular complexity index is 812. The third-order valence-electron chi connectivity index (χ3n) is 4.29. The van der Waals surface area contributed by atoms with E-state index in [2.05, 4.69) is 0 Å². The Kier molecular flexibility index (Phi) is 2.57. The SMILES string of the molecule is CC(=O)OC1=CC=C2C=C(C(C)=O)c3ccccc3[C@]23O[C@@H]13. The molecule has 0 unspecified atom stereocenters. The molecule has 0 aromatic heterocycles. The van der Waals surface area contributed by atoms with Gasteiger partial charge in [0.25, 0.3) is 0 Å². The summed E-state index contributed by atoms with van der Waals surface area (Å²) in [6.45, 7) is 2.94. The second-order valence-corrected chi connectivity index (χ2v) is 5.68. The Balaban J connectivity index is 1.89. The van der Waals surface area contributed by atoms with Crippen LogP contribution in [0.5, 0.6) is 0 Å². The van der Waals surface area contributed by atoms with Crippen LogP contribution in [0.25, 0.3) is 5.57 Å². The maximum Gasteiger partial charge on any atom is 0.307 e. The molecule has 0 amide bonds. The zero-order chi connectivity index (χ0) is 15.5. The smallest absolute Gasteiger partial charge is 0.307 e. The van der Waals surface area contributed by atoms with Crippen LogP contribution in [0, 0.1) is 0 Å². The van der Waals surface area contributed by atoms with Gasteiger partial charge in [-0.2, -0.15) is 0 Å². The molecule has 1 heterocycles. The molecule has 1 fully saturated rings. The molecule has 1 aliphatic heterocycles. The number of benzene rings is 1. The van der Waals surface area contributed by atoms with E-state index < -0.39 is 5.60 Å². The predicted molar refractivity (Wildman–Crippen MR) is 79.6 cm³/mol. The van der Waals surface area contributed by atoms with Crippen molar-refractivity contribution in [1.29, 1.82) is 0 Å². The highest BCUT2D eigenvalue weighted by Gasteiger charge is 2.65. The third-order valence-corrected chi connectivity index (χ3v) is 4.29. The number of ketones is 1. The summed E-state index contributed by atoms with van der Waals surface area (Å²) < 4.78 is 11.2. The molecule has 3 aliphatic rings. The van der Waals surface area contributed by atoms with Crippen LogP contribution < -0.4 is 0 Å². The number of carbonyl (C=O) groups is 2. The highest BCUT2D eigenvalue weighted by molar-refractivity contribution is 6.21. The summed E-state index contributed by atoms with van der Waals surface area (Å²) in [6, 6.07) is 7.73. The number of hydrogen-bond acceptors (Lipinski definition) is 4. The number of ether oxygens (including phenoxy) is 2. The Morgan fingerprint density at radius 1 is 1.18 bits per heavy atom. The van der Waals surface area contributed by atoms with Gasteiger partial charge in [-0.05, 0) is 35.8 Å². The van der Waals surface area contributed by atoms with Gasteiger partial charge in [-0.3, -0.25) is 9.59 Å². The van der Waals surface area contributed by atoms with Crippen LogP contribution in [-0.2, 0) is 24.7 Å². The van der Waals surface area contributed by atoms with Crippen LogP contribution in [0.3, 0.4) is 0 Å². The molecule has 2 aliphatic carbocycles. The van der Waals surface area contributed by atoms with Gasteiger partial charge in [0.15, 0.2) is 17.5 Å². The minimum absolute atomic E-state index is 0.0233. The number of rotatable bonds is 2. The Hall–Kier alpha value is -2.46. The highest BCUT2D eigenvalue weighted by atomic mass is 16.6. The molecule has 110 valence electrons. The van der Waals surface area contributed by atoms with Crippen molar-refractivity contribution in [3.05, 3.63) is 65.0 Å². The van der Waals surface area contributed by atoms with Gasteiger partial charge in [-0.1, -0.05) is 30.3 Å². The summed E-state index contributed by atoms with van der Waals surface area (Å²) in [5, 5.41) is 0. The lowest BCUT2D eigenvalue weighted by Gasteiger charge is -2.27. The van der Waals surface area contributed by atoms with Crippen LogP contribution in [-0.4, -0.2) is 17.9 Å². The molecular formula is C18H14O4. The van der Waals surface area contributed by atoms with E-state index >= 15 is 0 Å². The van der Waals surface area contributed by atoms with E-state index in [4.69, 9.17) is 9.47 Å². The Morgan fingerprint density at radius 3 is 2.68 bits per heavy atom. The largest absolute Gasteiger partial charge is 0.428 e. The number of fused-ring (bicyclic) bond motifs is 1. The van der Waals surface area contributed by atoms with Crippen molar-refractivity contribution in [1.82, 2.24) is 0 Å². The van der Waals surface area contributed by atoms with Crippen molar-refractivity contribution in [2.24, 2.45) is 0 Å². The monoisotopic (exact) mass is 294 g/mol. The average molecular weight is 294 g/mol. The van der Waals surface area contributed by atoms with E-state index in [0.717, 1.165) is 16.7 Å². The fourth-order valence-electron chi connectivity index (χ4n) is 3.35. The molecule has 1 aromatic rings. The third kappa shape index (κ3) is 1.61. The molecular weight excluding hydrogens is 280 g/mol. The summed E-state index contributed by atoms with van der Waals surface area (Å²) in [5.41, 5.74) is 2.84. The van der Waals surface area contributed by atoms with Gasteiger partial charge in [-0.15, -0.1) is 0 Å². The van der Waals surface area contributed by atoms with E-state index in [1.54, 1.807) is 13.0 Å². The van der Waals surface area contributed by atoms with Crippen LogP contribution >= 0.6 is 0 Å². The van der Waals surface area contributed by atoms with Crippen molar-refractivity contribution in [3.63, 3.8) is 0 Å². The first-order valence-corrected chi connectivity index (χ1v) is 7.15. The molecule has 4 heteroatoms. The van der Waals surface area contributed by atoms with Crippen LogP contribution in [0.2, 0.25) is 0 Å². The molecule has 1 saturated heterocycles. The maximum atomic E-state index is 11.9. The van der Waals surface area contributed by atoms with Gasteiger partial charge >= 0.3 is 5.97 Å². The van der Waals surface area contributed by atoms with Crippen LogP contribution in [0.1, 0.15) is 25.0 Å². The predicted octanol–water partition coefficient (Wildman–Crippen LogP) is 2.65. The normalized spacial score (nSPS) is 27.4. The summed E-state index contributed by atoms with van der Waals surface area (Å²) >= 11 is 0. The van der Waals surface area contributed by atoms with Crippen LogP contribution in [0.4, 0.5) is 0 Å². The fourth-order valence-corrected chi connectivity index (χ4v) is 3.35. The second kappa shape index (κ2) is 4.27. The average Bonchev–Trinajstić information content (AvgIpc) is 3.22. The first kappa shape index (κ1) is 13.2. The van der Waals surface area contributed by atoms with Gasteiger partial charge in [-0.25, -0.2) is 0 Å². The minimum Gasteiger partial charge on any atom is -0.428 e. The van der Waals surface area contributed by atoms with Crippen molar-refractivity contribution in [3.8, 4) is 0 Å². The molecule has 4 rings (SSSR count). The molecule has 1 spiro atoms. The maximum absolute atomic E-state index is 11.9. The minimum atomic E-state index is -0.616. The zero-order valence-corrected chi connectivity index (χ0v) is 12.3. The lowest BCUT2D eigenvalue weighted by molar-refractivity contribution is -0.137. The zero-order valence-electron chi connectivity index (χ0n) is 12.3. The Labute approximate surface area is 127 Å². The van der Waals surface area contributed by atoms with E-state index in [1.165, 1.54) is 6.92 Å². The number of hydrogen-bond donors (Lipinski definition) is 0. The van der Waals surface area contributed by atoms with Crippen molar-refractivity contribution in [2.45, 2.75) is 25.6 Å². The van der Waals surface area contributed by atoms with E-state index in [9.17, 15) is 9.59 Å². The number of esters is 1. The number of epoxide rings is 1. The summed E-state index contributed by atoms with van der Waals surface area (Å²) in [4.78, 5) is 23.2. The quantitative estimate of drug-likeness (QED) is 0.621. The van der Waals surface area contributed by atoms with Crippen molar-refractivity contribution < 1.29 is 19.1 Å². The van der Waals surface area contributed by atoms with Crippen molar-refractivity contribution in [2.75, 3.05) is 0 Å². The van der Waals surface area contributed by atoms with E-state index in [0.29, 0.717) is 11.3 Å². The molecule has 1 aromatic carbocycles. The fraction of sp³-hybridized carbons (Fsp3) is 0.222. The molecule has 0 bridgehead atoms. The molecule has 22 heavy (non-hydrogen) atoms. The van der Waals surface area contributed by atoms with Crippen molar-refractivity contribution >= 4 is 17.3 Å². The van der Waals surface area contributed by atoms with E-state index in [-0.39, 0.29) is 17.9 Å². The second-order valence-electron chi connectivity index (χ2n) is 5.68.